The highest BCUT2D eigenvalue weighted by Crippen LogP contribution is 2.32. The number of nitrogens with zero attached hydrogens (tertiary/aromatic N) is 1. The van der Waals surface area contributed by atoms with E-state index in [1.165, 1.54) is 19.3 Å². The summed E-state index contributed by atoms with van der Waals surface area (Å²) in [4.78, 5) is 4.45. The van der Waals surface area contributed by atoms with Gasteiger partial charge in [-0.05, 0) is 25.0 Å². The molecule has 0 aromatic carbocycles. The van der Waals surface area contributed by atoms with Crippen LogP contribution in [0.25, 0.3) is 0 Å². The Kier molecular flexibility index (Phi) is 4.59. The molecule has 1 aromatic heterocycles. The van der Waals surface area contributed by atoms with Crippen molar-refractivity contribution in [2.75, 3.05) is 0 Å². The first-order valence-corrected chi connectivity index (χ1v) is 6.12. The van der Waals surface area contributed by atoms with E-state index in [1.54, 1.807) is 6.20 Å². The largest absolute Gasteiger partial charge is 0.261 e. The van der Waals surface area contributed by atoms with Gasteiger partial charge in [-0.3, -0.25) is 4.98 Å². The van der Waals surface area contributed by atoms with E-state index in [2.05, 4.69) is 25.8 Å². The SMILES string of the molecule is CCCCC(C)(CC)c1cc(Cl)ccn1. The third-order valence-electron chi connectivity index (χ3n) is 3.20. The Labute approximate surface area is 97.9 Å². The molecule has 1 rings (SSSR count). The summed E-state index contributed by atoms with van der Waals surface area (Å²) in [6, 6.07) is 3.83. The van der Waals surface area contributed by atoms with Crippen LogP contribution in [0.4, 0.5) is 0 Å². The molecule has 0 aliphatic heterocycles. The second-order valence-corrected chi connectivity index (χ2v) is 4.81. The molecule has 1 heterocycles. The van der Waals surface area contributed by atoms with E-state index in [0.29, 0.717) is 0 Å². The average Bonchev–Trinajstić information content (AvgIpc) is 2.26. The smallest absolute Gasteiger partial charge is 0.0477 e. The lowest BCUT2D eigenvalue weighted by molar-refractivity contribution is 0.392. The van der Waals surface area contributed by atoms with Crippen LogP contribution in [0.15, 0.2) is 18.3 Å². The lowest BCUT2D eigenvalue weighted by Gasteiger charge is -2.27. The van der Waals surface area contributed by atoms with Crippen LogP contribution in [0, 0.1) is 0 Å². The maximum Gasteiger partial charge on any atom is 0.0477 e. The summed E-state index contributed by atoms with van der Waals surface area (Å²) in [5.41, 5.74) is 1.31. The van der Waals surface area contributed by atoms with Gasteiger partial charge in [0.1, 0.15) is 0 Å². The molecular weight excluding hydrogens is 206 g/mol. The number of pyridine rings is 1. The Morgan fingerprint density at radius 2 is 2.13 bits per heavy atom. The molecule has 0 amide bonds. The second kappa shape index (κ2) is 5.50. The van der Waals surface area contributed by atoms with Crippen LogP contribution in [0.2, 0.25) is 5.02 Å². The minimum Gasteiger partial charge on any atom is -0.261 e. The van der Waals surface area contributed by atoms with Gasteiger partial charge in [-0.25, -0.2) is 0 Å². The van der Waals surface area contributed by atoms with Crippen molar-refractivity contribution in [2.24, 2.45) is 0 Å². The summed E-state index contributed by atoms with van der Waals surface area (Å²) in [6.45, 7) is 6.72. The molecule has 0 aliphatic carbocycles. The van der Waals surface area contributed by atoms with Gasteiger partial charge < -0.3 is 0 Å². The van der Waals surface area contributed by atoms with Crippen molar-refractivity contribution in [3.8, 4) is 0 Å². The Bertz CT molecular complexity index is 311. The second-order valence-electron chi connectivity index (χ2n) is 4.38. The van der Waals surface area contributed by atoms with Gasteiger partial charge in [-0.1, -0.05) is 45.2 Å². The Morgan fingerprint density at radius 3 is 2.67 bits per heavy atom. The molecule has 2 heteroatoms. The fraction of sp³-hybridized carbons (Fsp3) is 0.615. The summed E-state index contributed by atoms with van der Waals surface area (Å²) in [7, 11) is 0. The van der Waals surface area contributed by atoms with Gasteiger partial charge in [0.25, 0.3) is 0 Å². The van der Waals surface area contributed by atoms with Crippen molar-refractivity contribution in [3.05, 3.63) is 29.0 Å². The topological polar surface area (TPSA) is 12.9 Å². The van der Waals surface area contributed by atoms with Gasteiger partial charge in [-0.15, -0.1) is 0 Å². The molecule has 0 N–H and O–H groups in total. The first kappa shape index (κ1) is 12.5. The van der Waals surface area contributed by atoms with Crippen molar-refractivity contribution in [3.63, 3.8) is 0 Å². The number of aromatic nitrogens is 1. The molecule has 1 atom stereocenters. The van der Waals surface area contributed by atoms with Crippen LogP contribution in [0.1, 0.15) is 52.1 Å². The number of halogens is 1. The fourth-order valence-electron chi connectivity index (χ4n) is 1.79. The average molecular weight is 226 g/mol. The van der Waals surface area contributed by atoms with Crippen molar-refractivity contribution >= 4 is 11.6 Å². The third kappa shape index (κ3) is 3.20. The monoisotopic (exact) mass is 225 g/mol. The minimum atomic E-state index is 0.181. The predicted molar refractivity (Wildman–Crippen MR) is 66.4 cm³/mol. The molecule has 0 bridgehead atoms. The maximum atomic E-state index is 6.00. The van der Waals surface area contributed by atoms with E-state index >= 15 is 0 Å². The van der Waals surface area contributed by atoms with Crippen molar-refractivity contribution in [2.45, 2.75) is 51.9 Å². The molecule has 0 radical (unpaired) electrons. The molecule has 0 fully saturated rings. The molecule has 0 aliphatic rings. The van der Waals surface area contributed by atoms with Crippen LogP contribution in [0.3, 0.4) is 0 Å². The lowest BCUT2D eigenvalue weighted by Crippen LogP contribution is -2.22. The van der Waals surface area contributed by atoms with Gasteiger partial charge >= 0.3 is 0 Å². The van der Waals surface area contributed by atoms with Crippen LogP contribution in [-0.2, 0) is 5.41 Å². The number of unbranched alkanes of at least 4 members (excludes halogenated alkanes) is 1. The first-order valence-electron chi connectivity index (χ1n) is 5.74. The molecule has 0 saturated carbocycles. The van der Waals surface area contributed by atoms with Crippen LogP contribution < -0.4 is 0 Å². The predicted octanol–water partition coefficient (Wildman–Crippen LogP) is 4.59. The molecule has 0 saturated heterocycles. The minimum absolute atomic E-state index is 0.181. The van der Waals surface area contributed by atoms with Crippen LogP contribution in [-0.4, -0.2) is 4.98 Å². The van der Waals surface area contributed by atoms with Gasteiger partial charge in [0.05, 0.1) is 0 Å². The zero-order chi connectivity index (χ0) is 11.3. The Balaban J connectivity index is 2.89. The number of rotatable bonds is 5. The molecule has 15 heavy (non-hydrogen) atoms. The highest BCUT2D eigenvalue weighted by molar-refractivity contribution is 6.30. The highest BCUT2D eigenvalue weighted by atomic mass is 35.5. The molecule has 84 valence electrons. The number of hydrogen-bond acceptors (Lipinski definition) is 1. The molecule has 1 aromatic rings. The van der Waals surface area contributed by atoms with E-state index in [4.69, 9.17) is 11.6 Å². The van der Waals surface area contributed by atoms with Crippen molar-refractivity contribution < 1.29 is 0 Å². The summed E-state index contributed by atoms with van der Waals surface area (Å²) in [5.74, 6) is 0. The van der Waals surface area contributed by atoms with Crippen molar-refractivity contribution in [1.29, 1.82) is 0 Å². The van der Waals surface area contributed by atoms with E-state index in [9.17, 15) is 0 Å². The van der Waals surface area contributed by atoms with Crippen LogP contribution >= 0.6 is 11.6 Å². The van der Waals surface area contributed by atoms with Gasteiger partial charge in [-0.2, -0.15) is 0 Å². The quantitative estimate of drug-likeness (QED) is 0.714. The molecule has 0 spiro atoms. The Morgan fingerprint density at radius 1 is 1.40 bits per heavy atom. The van der Waals surface area contributed by atoms with Crippen LogP contribution in [0.5, 0.6) is 0 Å². The summed E-state index contributed by atoms with van der Waals surface area (Å²) in [6.07, 6.45) is 6.58. The Hall–Kier alpha value is -0.560. The van der Waals surface area contributed by atoms with Gasteiger partial charge in [0.2, 0.25) is 0 Å². The fourth-order valence-corrected chi connectivity index (χ4v) is 1.95. The van der Waals surface area contributed by atoms with E-state index in [1.807, 2.05) is 12.1 Å². The highest BCUT2D eigenvalue weighted by Gasteiger charge is 2.25. The lowest BCUT2D eigenvalue weighted by atomic mass is 9.79. The summed E-state index contributed by atoms with van der Waals surface area (Å²) < 4.78 is 0. The zero-order valence-electron chi connectivity index (χ0n) is 9.89. The van der Waals surface area contributed by atoms with Gasteiger partial charge in [0.15, 0.2) is 0 Å². The summed E-state index contributed by atoms with van der Waals surface area (Å²) in [5, 5.41) is 0.788. The first-order chi connectivity index (χ1) is 7.12. The zero-order valence-corrected chi connectivity index (χ0v) is 10.6. The maximum absolute atomic E-state index is 6.00. The molecular formula is C13H20ClN. The van der Waals surface area contributed by atoms with E-state index in [0.717, 1.165) is 17.1 Å². The summed E-state index contributed by atoms with van der Waals surface area (Å²) >= 11 is 6.00. The molecule has 1 nitrogen and oxygen atoms in total. The van der Waals surface area contributed by atoms with Crippen molar-refractivity contribution in [1.82, 2.24) is 4.98 Å². The third-order valence-corrected chi connectivity index (χ3v) is 3.44. The van der Waals surface area contributed by atoms with Gasteiger partial charge in [0, 0.05) is 22.3 Å². The molecule has 1 unspecified atom stereocenters. The normalized spacial score (nSPS) is 14.9. The van der Waals surface area contributed by atoms with E-state index < -0.39 is 0 Å². The standard InChI is InChI=1S/C13H20ClN/c1-4-6-8-13(3,5-2)12-10-11(14)7-9-15-12/h7,9-10H,4-6,8H2,1-3H3. The van der Waals surface area contributed by atoms with E-state index in [-0.39, 0.29) is 5.41 Å². The number of hydrogen-bond donors (Lipinski definition) is 0.